The maximum Gasteiger partial charge on any atom is 0.224 e. The number of aryl methyl sites for hydroxylation is 1. The fourth-order valence-corrected chi connectivity index (χ4v) is 2.07. The molecule has 0 saturated heterocycles. The van der Waals surface area contributed by atoms with Crippen molar-refractivity contribution in [3.63, 3.8) is 0 Å². The van der Waals surface area contributed by atoms with Gasteiger partial charge in [-0.05, 0) is 31.5 Å². The summed E-state index contributed by atoms with van der Waals surface area (Å²) in [6.07, 6.45) is 1.78. The van der Waals surface area contributed by atoms with Crippen LogP contribution in [0, 0.1) is 18.8 Å². The first-order chi connectivity index (χ1) is 8.97. The molecule has 0 aliphatic heterocycles. The van der Waals surface area contributed by atoms with Crippen molar-refractivity contribution in [3.05, 3.63) is 29.6 Å². The van der Waals surface area contributed by atoms with Crippen LogP contribution in [0.2, 0.25) is 0 Å². The molecule has 0 spiro atoms. The van der Waals surface area contributed by atoms with E-state index in [1.165, 1.54) is 0 Å². The second-order valence-corrected chi connectivity index (χ2v) is 5.39. The van der Waals surface area contributed by atoms with Gasteiger partial charge < -0.3 is 10.6 Å². The molecule has 0 aliphatic carbocycles. The van der Waals surface area contributed by atoms with Gasteiger partial charge in [0.1, 0.15) is 0 Å². The molecule has 0 radical (unpaired) electrons. The molecule has 1 rings (SSSR count). The van der Waals surface area contributed by atoms with Gasteiger partial charge in [-0.1, -0.05) is 26.8 Å². The van der Waals surface area contributed by atoms with Crippen LogP contribution in [0.5, 0.6) is 0 Å². The largest absolute Gasteiger partial charge is 0.347 e. The van der Waals surface area contributed by atoms with Crippen molar-refractivity contribution in [1.29, 1.82) is 0 Å². The second kappa shape index (κ2) is 10.8. The number of carbonyl (C=O) groups excluding carboxylic acids is 1. The summed E-state index contributed by atoms with van der Waals surface area (Å²) in [4.78, 5) is 16.6. The smallest absolute Gasteiger partial charge is 0.224 e. The Hall–Kier alpha value is -0.840. The van der Waals surface area contributed by atoms with Crippen LogP contribution in [-0.4, -0.2) is 24.5 Å². The van der Waals surface area contributed by atoms with Gasteiger partial charge in [0, 0.05) is 18.7 Å². The molecule has 1 heterocycles. The molecule has 1 aromatic rings. The van der Waals surface area contributed by atoms with Crippen molar-refractivity contribution in [2.75, 3.05) is 13.6 Å². The molecule has 0 aromatic carbocycles. The van der Waals surface area contributed by atoms with E-state index in [0.717, 1.165) is 11.3 Å². The highest BCUT2D eigenvalue weighted by Crippen LogP contribution is 2.22. The van der Waals surface area contributed by atoms with Crippen LogP contribution in [0.4, 0.5) is 0 Å². The van der Waals surface area contributed by atoms with Crippen LogP contribution in [0.3, 0.4) is 0 Å². The van der Waals surface area contributed by atoms with Crippen LogP contribution < -0.4 is 10.6 Å². The Kier molecular flexibility index (Phi) is 11.6. The Bertz CT molecular complexity index is 427. The van der Waals surface area contributed by atoms with Gasteiger partial charge in [0.25, 0.3) is 0 Å². The highest BCUT2D eigenvalue weighted by molar-refractivity contribution is 5.85. The molecule has 0 aliphatic rings. The molecule has 4 nitrogen and oxygen atoms in total. The third kappa shape index (κ3) is 6.64. The van der Waals surface area contributed by atoms with E-state index in [0.29, 0.717) is 12.5 Å². The molecule has 1 aromatic heterocycles. The zero-order chi connectivity index (χ0) is 14.4. The maximum absolute atomic E-state index is 12.2. The lowest BCUT2D eigenvalue weighted by Gasteiger charge is -2.25. The van der Waals surface area contributed by atoms with E-state index >= 15 is 0 Å². The van der Waals surface area contributed by atoms with Gasteiger partial charge in [0.2, 0.25) is 5.91 Å². The number of rotatable bonds is 6. The topological polar surface area (TPSA) is 54.0 Å². The minimum atomic E-state index is -0.0460. The monoisotopic (exact) mass is 335 g/mol. The highest BCUT2D eigenvalue weighted by atomic mass is 35.5. The number of nitrogens with zero attached hydrogens (tertiary/aromatic N) is 1. The summed E-state index contributed by atoms with van der Waals surface area (Å²) in [5.74, 6) is 0.327. The average Bonchev–Trinajstić information content (AvgIpc) is 2.36. The minimum Gasteiger partial charge on any atom is -0.347 e. The summed E-state index contributed by atoms with van der Waals surface area (Å²) in [5.41, 5.74) is 2.07. The number of aromatic nitrogens is 1. The SMILES string of the molecule is CNCC(C)C(=O)NC(c1ncccc1C)C(C)C.Cl.Cl. The van der Waals surface area contributed by atoms with Gasteiger partial charge in [-0.25, -0.2) is 0 Å². The molecule has 1 amide bonds. The van der Waals surface area contributed by atoms with Gasteiger partial charge in [0.05, 0.1) is 11.7 Å². The number of halogens is 2. The van der Waals surface area contributed by atoms with Crippen molar-refractivity contribution < 1.29 is 4.79 Å². The van der Waals surface area contributed by atoms with Crippen LogP contribution in [0.15, 0.2) is 18.3 Å². The second-order valence-electron chi connectivity index (χ2n) is 5.39. The van der Waals surface area contributed by atoms with Crippen molar-refractivity contribution in [2.45, 2.75) is 33.7 Å². The molecule has 6 heteroatoms. The summed E-state index contributed by atoms with van der Waals surface area (Å²) in [5, 5.41) is 6.14. The molecule has 122 valence electrons. The summed E-state index contributed by atoms with van der Waals surface area (Å²) >= 11 is 0. The van der Waals surface area contributed by atoms with Crippen LogP contribution in [0.25, 0.3) is 0 Å². The molecule has 2 atom stereocenters. The number of hydrogen-bond donors (Lipinski definition) is 2. The third-order valence-corrected chi connectivity index (χ3v) is 3.27. The van der Waals surface area contributed by atoms with Crippen molar-refractivity contribution >= 4 is 30.7 Å². The van der Waals surface area contributed by atoms with Crippen LogP contribution in [-0.2, 0) is 4.79 Å². The van der Waals surface area contributed by atoms with Crippen molar-refractivity contribution in [1.82, 2.24) is 15.6 Å². The maximum atomic E-state index is 12.2. The molecule has 2 N–H and O–H groups in total. The van der Waals surface area contributed by atoms with E-state index in [1.807, 2.05) is 33.0 Å². The Balaban J connectivity index is 0. The summed E-state index contributed by atoms with van der Waals surface area (Å²) in [7, 11) is 1.85. The standard InChI is InChI=1S/C15H25N3O.2ClH/c1-10(2)13(14-11(3)7-6-8-17-14)18-15(19)12(4)9-16-5;;/h6-8,10,12-13,16H,9H2,1-5H3,(H,18,19);2*1H. The lowest BCUT2D eigenvalue weighted by Crippen LogP contribution is -2.39. The zero-order valence-electron chi connectivity index (χ0n) is 13.3. The van der Waals surface area contributed by atoms with E-state index in [4.69, 9.17) is 0 Å². The first kappa shape index (κ1) is 22.4. The Morgan fingerprint density at radius 3 is 2.38 bits per heavy atom. The number of pyridine rings is 1. The highest BCUT2D eigenvalue weighted by Gasteiger charge is 2.23. The van der Waals surface area contributed by atoms with Gasteiger partial charge in [-0.15, -0.1) is 24.8 Å². The fraction of sp³-hybridized carbons (Fsp3) is 0.600. The van der Waals surface area contributed by atoms with Crippen LogP contribution >= 0.6 is 24.8 Å². The molecular weight excluding hydrogens is 309 g/mol. The van der Waals surface area contributed by atoms with E-state index in [2.05, 4.69) is 29.5 Å². The molecule has 0 saturated carbocycles. The summed E-state index contributed by atoms with van der Waals surface area (Å²) in [6, 6.07) is 3.91. The summed E-state index contributed by atoms with van der Waals surface area (Å²) < 4.78 is 0. The van der Waals surface area contributed by atoms with Crippen molar-refractivity contribution in [2.24, 2.45) is 11.8 Å². The Labute approximate surface area is 140 Å². The molecular formula is C15H27Cl2N3O. The normalized spacial score (nSPS) is 12.9. The van der Waals surface area contributed by atoms with E-state index < -0.39 is 0 Å². The Morgan fingerprint density at radius 1 is 1.29 bits per heavy atom. The number of carbonyl (C=O) groups is 1. The van der Waals surface area contributed by atoms with Gasteiger partial charge in [0.15, 0.2) is 0 Å². The third-order valence-electron chi connectivity index (χ3n) is 3.27. The minimum absolute atomic E-state index is 0. The first-order valence-electron chi connectivity index (χ1n) is 6.83. The van der Waals surface area contributed by atoms with Gasteiger partial charge in [-0.2, -0.15) is 0 Å². The first-order valence-corrected chi connectivity index (χ1v) is 6.83. The van der Waals surface area contributed by atoms with E-state index in [9.17, 15) is 4.79 Å². The van der Waals surface area contributed by atoms with E-state index in [-0.39, 0.29) is 42.7 Å². The number of nitrogens with one attached hydrogen (secondary N) is 2. The molecule has 2 unspecified atom stereocenters. The summed E-state index contributed by atoms with van der Waals surface area (Å²) in [6.45, 7) is 8.83. The molecule has 21 heavy (non-hydrogen) atoms. The molecule has 0 fully saturated rings. The fourth-order valence-electron chi connectivity index (χ4n) is 2.07. The average molecular weight is 336 g/mol. The van der Waals surface area contributed by atoms with Gasteiger partial charge in [-0.3, -0.25) is 9.78 Å². The quantitative estimate of drug-likeness (QED) is 0.840. The Morgan fingerprint density at radius 2 is 1.90 bits per heavy atom. The lowest BCUT2D eigenvalue weighted by molar-refractivity contribution is -0.125. The number of hydrogen-bond acceptors (Lipinski definition) is 3. The van der Waals surface area contributed by atoms with Crippen molar-refractivity contribution in [3.8, 4) is 0 Å². The van der Waals surface area contributed by atoms with Gasteiger partial charge >= 0.3 is 0 Å². The van der Waals surface area contributed by atoms with Crippen LogP contribution in [0.1, 0.15) is 38.1 Å². The predicted octanol–water partition coefficient (Wildman–Crippen LogP) is 2.90. The lowest BCUT2D eigenvalue weighted by atomic mass is 9.96. The van der Waals surface area contributed by atoms with E-state index in [1.54, 1.807) is 6.20 Å². The predicted molar refractivity (Wildman–Crippen MR) is 92.3 cm³/mol. The zero-order valence-corrected chi connectivity index (χ0v) is 15.0. The molecule has 0 bridgehead atoms. The number of amides is 1.